The average Bonchev–Trinajstić information content (AvgIpc) is 2.36. The van der Waals surface area contributed by atoms with Gasteiger partial charge in [-0.05, 0) is 24.3 Å². The number of rotatable bonds is 1. The van der Waals surface area contributed by atoms with E-state index >= 15 is 0 Å². The smallest absolute Gasteiger partial charge is 0.295 e. The molecule has 2 aromatic carbocycles. The number of aromatic nitrogens is 1. The molecule has 19 heavy (non-hydrogen) atoms. The van der Waals surface area contributed by atoms with E-state index < -0.39 is 10.1 Å². The second kappa shape index (κ2) is 3.91. The molecule has 3 aromatic rings. The molecule has 0 atom stereocenters. The number of hydrogen-bond donors (Lipinski definition) is 2. The molecule has 0 bridgehead atoms. The number of benzene rings is 2. The van der Waals surface area contributed by atoms with Gasteiger partial charge in [0, 0.05) is 10.8 Å². The van der Waals surface area contributed by atoms with Gasteiger partial charge in [-0.2, -0.15) is 8.42 Å². The van der Waals surface area contributed by atoms with Crippen molar-refractivity contribution >= 4 is 31.9 Å². The zero-order valence-electron chi connectivity index (χ0n) is 9.61. The third kappa shape index (κ3) is 1.91. The summed E-state index contributed by atoms with van der Waals surface area (Å²) < 4.78 is 31.9. The number of hydrogen-bond acceptors (Lipinski definition) is 4. The Morgan fingerprint density at radius 1 is 1.05 bits per heavy atom. The van der Waals surface area contributed by atoms with Crippen LogP contribution in [0, 0.1) is 0 Å². The topological polar surface area (TPSA) is 87.5 Å². The van der Waals surface area contributed by atoms with Crippen LogP contribution in [0.5, 0.6) is 5.75 Å². The van der Waals surface area contributed by atoms with E-state index in [1.807, 2.05) is 0 Å². The van der Waals surface area contributed by atoms with Crippen molar-refractivity contribution in [2.45, 2.75) is 4.90 Å². The van der Waals surface area contributed by atoms with Crippen LogP contribution in [0.1, 0.15) is 0 Å². The predicted molar refractivity (Wildman–Crippen MR) is 70.7 cm³/mol. The molecule has 0 spiro atoms. The van der Waals surface area contributed by atoms with Gasteiger partial charge in [0.2, 0.25) is 0 Å². The van der Waals surface area contributed by atoms with Crippen LogP contribution in [0.25, 0.3) is 21.8 Å². The summed E-state index contributed by atoms with van der Waals surface area (Å²) in [6.07, 6.45) is 0. The molecule has 0 saturated carbocycles. The Balaban J connectivity index is 2.56. The molecule has 0 fully saturated rings. The number of nitrogens with zero attached hydrogens (tertiary/aromatic N) is 1. The van der Waals surface area contributed by atoms with Gasteiger partial charge >= 0.3 is 0 Å². The van der Waals surface area contributed by atoms with Crippen LogP contribution in [0.3, 0.4) is 0 Å². The quantitative estimate of drug-likeness (QED) is 0.525. The van der Waals surface area contributed by atoms with E-state index in [1.54, 1.807) is 30.3 Å². The Kier molecular flexibility index (Phi) is 2.44. The van der Waals surface area contributed by atoms with Crippen LogP contribution >= 0.6 is 0 Å². The normalized spacial score (nSPS) is 12.1. The van der Waals surface area contributed by atoms with Gasteiger partial charge in [-0.15, -0.1) is 0 Å². The van der Waals surface area contributed by atoms with Crippen LogP contribution in [0.2, 0.25) is 0 Å². The lowest BCUT2D eigenvalue weighted by molar-refractivity contribution is 0.478. The molecular formula is C13H9NO4S. The van der Waals surface area contributed by atoms with Crippen molar-refractivity contribution in [1.82, 2.24) is 4.98 Å². The minimum absolute atomic E-state index is 0.131. The summed E-state index contributed by atoms with van der Waals surface area (Å²) in [4.78, 5) is 3.96. The Labute approximate surface area is 108 Å². The second-order valence-electron chi connectivity index (χ2n) is 4.14. The Hall–Kier alpha value is -2.18. The molecule has 3 rings (SSSR count). The molecule has 1 heterocycles. The maximum absolute atomic E-state index is 11.3. The fourth-order valence-electron chi connectivity index (χ4n) is 2.05. The van der Waals surface area contributed by atoms with Gasteiger partial charge in [-0.1, -0.05) is 18.2 Å². The summed E-state index contributed by atoms with van der Waals surface area (Å²) in [5, 5.41) is 10.7. The Bertz CT molecular complexity index is 903. The monoisotopic (exact) mass is 275 g/mol. The number of aromatic hydroxyl groups is 1. The van der Waals surface area contributed by atoms with E-state index in [2.05, 4.69) is 4.98 Å². The summed E-state index contributed by atoms with van der Waals surface area (Å²) in [5.74, 6) is -0.131. The van der Waals surface area contributed by atoms with Crippen molar-refractivity contribution < 1.29 is 18.1 Å². The highest BCUT2D eigenvalue weighted by Gasteiger charge is 2.17. The van der Waals surface area contributed by atoms with Gasteiger partial charge < -0.3 is 5.11 Å². The standard InChI is InChI=1S/C13H9NO4S/c15-11-5-6-12(19(16,17)18)9-7-8-3-1-2-4-10(8)14-13(9)11/h1-7,15H,(H,16,17,18). The first-order valence-electron chi connectivity index (χ1n) is 5.46. The fraction of sp³-hybridized carbons (Fsp3) is 0. The van der Waals surface area contributed by atoms with Gasteiger partial charge in [-0.3, -0.25) is 4.55 Å². The van der Waals surface area contributed by atoms with Crippen LogP contribution in [-0.2, 0) is 10.1 Å². The zero-order valence-corrected chi connectivity index (χ0v) is 10.4. The van der Waals surface area contributed by atoms with Crippen LogP contribution < -0.4 is 0 Å². The molecule has 2 N–H and O–H groups in total. The molecule has 6 heteroatoms. The summed E-state index contributed by atoms with van der Waals surface area (Å²) in [6, 6.07) is 11.1. The lowest BCUT2D eigenvalue weighted by atomic mass is 10.1. The highest BCUT2D eigenvalue weighted by atomic mass is 32.2. The van der Waals surface area contributed by atoms with E-state index in [0.717, 1.165) is 11.5 Å². The molecule has 96 valence electrons. The molecule has 0 unspecified atom stereocenters. The summed E-state index contributed by atoms with van der Waals surface area (Å²) >= 11 is 0. The maximum Gasteiger partial charge on any atom is 0.295 e. The molecule has 0 saturated heterocycles. The summed E-state index contributed by atoms with van der Waals surface area (Å²) in [6.45, 7) is 0. The molecule has 1 aromatic heterocycles. The number of phenolic OH excluding ortho intramolecular Hbond substituents is 1. The lowest BCUT2D eigenvalue weighted by Crippen LogP contribution is -1.99. The average molecular weight is 275 g/mol. The lowest BCUT2D eigenvalue weighted by Gasteiger charge is -2.07. The first kappa shape index (κ1) is 11.9. The van der Waals surface area contributed by atoms with Crippen LogP contribution in [0.4, 0.5) is 0 Å². The number of para-hydroxylation sites is 1. The van der Waals surface area contributed by atoms with Crippen LogP contribution in [0.15, 0.2) is 47.4 Å². The minimum atomic E-state index is -4.37. The van der Waals surface area contributed by atoms with Crippen molar-refractivity contribution in [3.05, 3.63) is 42.5 Å². The van der Waals surface area contributed by atoms with E-state index in [-0.39, 0.29) is 21.5 Å². The molecule has 0 amide bonds. The van der Waals surface area contributed by atoms with Gasteiger partial charge in [0.05, 0.1) is 5.52 Å². The zero-order chi connectivity index (χ0) is 13.6. The van der Waals surface area contributed by atoms with Crippen molar-refractivity contribution in [3.8, 4) is 5.75 Å². The van der Waals surface area contributed by atoms with Gasteiger partial charge in [0.1, 0.15) is 16.2 Å². The first-order chi connectivity index (χ1) is 8.97. The first-order valence-corrected chi connectivity index (χ1v) is 6.90. The van der Waals surface area contributed by atoms with E-state index in [0.29, 0.717) is 5.52 Å². The molecule has 0 aliphatic heterocycles. The highest BCUT2D eigenvalue weighted by molar-refractivity contribution is 7.86. The van der Waals surface area contributed by atoms with E-state index in [9.17, 15) is 18.1 Å². The second-order valence-corrected chi connectivity index (χ2v) is 5.53. The van der Waals surface area contributed by atoms with Crippen molar-refractivity contribution in [2.24, 2.45) is 0 Å². The fourth-order valence-corrected chi connectivity index (χ4v) is 2.72. The number of phenols is 1. The maximum atomic E-state index is 11.3. The molecule has 0 radical (unpaired) electrons. The van der Waals surface area contributed by atoms with Gasteiger partial charge in [0.15, 0.2) is 0 Å². The van der Waals surface area contributed by atoms with Crippen molar-refractivity contribution in [3.63, 3.8) is 0 Å². The Morgan fingerprint density at radius 3 is 2.53 bits per heavy atom. The third-order valence-corrected chi connectivity index (χ3v) is 3.81. The van der Waals surface area contributed by atoms with Crippen molar-refractivity contribution in [1.29, 1.82) is 0 Å². The molecule has 5 nitrogen and oxygen atoms in total. The third-order valence-electron chi connectivity index (χ3n) is 2.90. The Morgan fingerprint density at radius 2 is 1.79 bits per heavy atom. The molecule has 0 aliphatic rings. The number of fused-ring (bicyclic) bond motifs is 2. The SMILES string of the molecule is O=S(=O)(O)c1ccc(O)c2nc3ccccc3cc12. The summed E-state index contributed by atoms with van der Waals surface area (Å²) in [5.41, 5.74) is 0.784. The van der Waals surface area contributed by atoms with Gasteiger partial charge in [0.25, 0.3) is 10.1 Å². The highest BCUT2D eigenvalue weighted by Crippen LogP contribution is 2.31. The van der Waals surface area contributed by atoms with Crippen LogP contribution in [-0.4, -0.2) is 23.1 Å². The van der Waals surface area contributed by atoms with Gasteiger partial charge in [-0.25, -0.2) is 4.98 Å². The molecular weight excluding hydrogens is 266 g/mol. The minimum Gasteiger partial charge on any atom is -0.506 e. The van der Waals surface area contributed by atoms with Crippen molar-refractivity contribution in [2.75, 3.05) is 0 Å². The summed E-state index contributed by atoms with van der Waals surface area (Å²) in [7, 11) is -4.37. The predicted octanol–water partition coefficient (Wildman–Crippen LogP) is 2.34. The van der Waals surface area contributed by atoms with E-state index in [4.69, 9.17) is 0 Å². The number of pyridine rings is 1. The van der Waals surface area contributed by atoms with E-state index in [1.165, 1.54) is 6.07 Å². The largest absolute Gasteiger partial charge is 0.506 e. The molecule has 0 aliphatic carbocycles.